The van der Waals surface area contributed by atoms with E-state index in [9.17, 15) is 13.2 Å². The van der Waals surface area contributed by atoms with Gasteiger partial charge in [-0.25, -0.2) is 8.42 Å². The highest BCUT2D eigenvalue weighted by Crippen LogP contribution is 2.44. The van der Waals surface area contributed by atoms with Crippen molar-refractivity contribution in [2.45, 2.75) is 51.3 Å². The van der Waals surface area contributed by atoms with Gasteiger partial charge < -0.3 is 5.32 Å². The van der Waals surface area contributed by atoms with Crippen molar-refractivity contribution in [2.24, 2.45) is 11.8 Å². The second-order valence-corrected chi connectivity index (χ2v) is 9.36. The monoisotopic (exact) mass is 335 g/mol. The summed E-state index contributed by atoms with van der Waals surface area (Å²) in [5.41, 5.74) is 2.85. The Hall–Kier alpha value is -1.36. The smallest absolute Gasteiger partial charge is 0.235 e. The van der Waals surface area contributed by atoms with Crippen LogP contribution in [0.2, 0.25) is 0 Å². The highest BCUT2D eigenvalue weighted by molar-refractivity contribution is 7.91. The molecule has 0 aliphatic heterocycles. The van der Waals surface area contributed by atoms with Gasteiger partial charge in [0.2, 0.25) is 5.91 Å². The molecule has 2 saturated carbocycles. The van der Waals surface area contributed by atoms with Gasteiger partial charge >= 0.3 is 0 Å². The van der Waals surface area contributed by atoms with E-state index in [1.54, 1.807) is 0 Å². The fourth-order valence-corrected chi connectivity index (χ4v) is 4.68. The van der Waals surface area contributed by atoms with Gasteiger partial charge in [0, 0.05) is 6.04 Å². The van der Waals surface area contributed by atoms with Crippen LogP contribution >= 0.6 is 0 Å². The molecule has 2 aliphatic rings. The lowest BCUT2D eigenvalue weighted by molar-refractivity contribution is -0.119. The number of nitrogens with one attached hydrogen (secondary N) is 1. The molecule has 0 saturated heterocycles. The van der Waals surface area contributed by atoms with E-state index in [-0.39, 0.29) is 17.7 Å². The molecule has 0 aromatic heterocycles. The number of hydrogen-bond donors (Lipinski definition) is 1. The highest BCUT2D eigenvalue weighted by Gasteiger charge is 2.42. The number of hydrogen-bond acceptors (Lipinski definition) is 3. The summed E-state index contributed by atoms with van der Waals surface area (Å²) in [6.45, 7) is 3.90. The van der Waals surface area contributed by atoms with Crippen molar-refractivity contribution in [3.63, 3.8) is 0 Å². The van der Waals surface area contributed by atoms with Crippen LogP contribution in [0.5, 0.6) is 0 Å². The Labute approximate surface area is 138 Å². The Balaban J connectivity index is 1.59. The third-order valence-corrected chi connectivity index (χ3v) is 6.08. The molecule has 0 atom stereocenters. The van der Waals surface area contributed by atoms with E-state index in [1.165, 1.54) is 0 Å². The fourth-order valence-electron chi connectivity index (χ4n) is 3.42. The Morgan fingerprint density at radius 2 is 1.61 bits per heavy atom. The van der Waals surface area contributed by atoms with Crippen LogP contribution in [0.3, 0.4) is 0 Å². The zero-order chi connectivity index (χ0) is 16.6. The van der Waals surface area contributed by atoms with Crippen molar-refractivity contribution in [1.29, 1.82) is 0 Å². The van der Waals surface area contributed by atoms with E-state index < -0.39 is 15.6 Å². The summed E-state index contributed by atoms with van der Waals surface area (Å²) in [6, 6.07) is 5.97. The van der Waals surface area contributed by atoms with Crippen molar-refractivity contribution in [3.8, 4) is 0 Å². The molecule has 1 amide bonds. The molecule has 0 heterocycles. The minimum Gasteiger partial charge on any atom is -0.352 e. The Bertz CT molecular complexity index is 671. The largest absolute Gasteiger partial charge is 0.352 e. The summed E-state index contributed by atoms with van der Waals surface area (Å²) in [5.74, 6) is 0.344. The Morgan fingerprint density at radius 1 is 1.09 bits per heavy atom. The molecule has 1 aromatic carbocycles. The van der Waals surface area contributed by atoms with Gasteiger partial charge in [0.1, 0.15) is 5.75 Å². The number of sulfone groups is 1. The van der Waals surface area contributed by atoms with Crippen molar-refractivity contribution < 1.29 is 13.2 Å². The average Bonchev–Trinajstić information content (AvgIpc) is 3.26. The first kappa shape index (κ1) is 16.5. The van der Waals surface area contributed by atoms with Crippen molar-refractivity contribution in [1.82, 2.24) is 5.32 Å². The van der Waals surface area contributed by atoms with Crippen LogP contribution < -0.4 is 5.32 Å². The van der Waals surface area contributed by atoms with E-state index in [0.717, 1.165) is 42.4 Å². The number of rotatable bonds is 7. The molecule has 2 aliphatic carbocycles. The number of amides is 1. The van der Waals surface area contributed by atoms with Crippen LogP contribution in [0.4, 0.5) is 0 Å². The average molecular weight is 335 g/mol. The molecule has 0 spiro atoms. The van der Waals surface area contributed by atoms with Crippen LogP contribution in [0.25, 0.3) is 0 Å². The number of carbonyl (C=O) groups is 1. The van der Waals surface area contributed by atoms with Crippen LogP contribution in [0.15, 0.2) is 18.2 Å². The van der Waals surface area contributed by atoms with Gasteiger partial charge in [-0.05, 0) is 56.9 Å². The zero-order valence-electron chi connectivity index (χ0n) is 13.8. The molecule has 5 heteroatoms. The first-order valence-corrected chi connectivity index (χ1v) is 10.2. The fraction of sp³-hybridized carbons (Fsp3) is 0.611. The third kappa shape index (κ3) is 4.80. The number of benzene rings is 1. The molecular formula is C18H25NO3S. The molecule has 0 bridgehead atoms. The predicted molar refractivity (Wildman–Crippen MR) is 90.8 cm³/mol. The van der Waals surface area contributed by atoms with Gasteiger partial charge in [0.25, 0.3) is 0 Å². The van der Waals surface area contributed by atoms with Gasteiger partial charge in [-0.3, -0.25) is 4.79 Å². The van der Waals surface area contributed by atoms with Gasteiger partial charge in [0.15, 0.2) is 9.84 Å². The summed E-state index contributed by atoms with van der Waals surface area (Å²) in [4.78, 5) is 12.2. The predicted octanol–water partition coefficient (Wildman–Crippen LogP) is 2.52. The van der Waals surface area contributed by atoms with Gasteiger partial charge in [-0.2, -0.15) is 0 Å². The molecule has 3 rings (SSSR count). The van der Waals surface area contributed by atoms with Crippen LogP contribution in [0, 0.1) is 25.7 Å². The van der Waals surface area contributed by atoms with E-state index in [2.05, 4.69) is 5.32 Å². The van der Waals surface area contributed by atoms with E-state index in [0.29, 0.717) is 11.8 Å². The third-order valence-electron chi connectivity index (χ3n) is 4.61. The molecule has 4 nitrogen and oxygen atoms in total. The van der Waals surface area contributed by atoms with Crippen LogP contribution in [0.1, 0.15) is 42.4 Å². The normalized spacial score (nSPS) is 18.2. The van der Waals surface area contributed by atoms with Crippen LogP contribution in [-0.4, -0.2) is 26.1 Å². The van der Waals surface area contributed by atoms with Crippen molar-refractivity contribution in [2.75, 3.05) is 5.75 Å². The molecule has 126 valence electrons. The molecule has 0 unspecified atom stereocenters. The van der Waals surface area contributed by atoms with E-state index >= 15 is 0 Å². The quantitative estimate of drug-likeness (QED) is 0.833. The topological polar surface area (TPSA) is 63.2 Å². The molecular weight excluding hydrogens is 310 g/mol. The Morgan fingerprint density at radius 3 is 2.09 bits per heavy atom. The van der Waals surface area contributed by atoms with E-state index in [1.807, 2.05) is 32.0 Å². The Kier molecular flexibility index (Phi) is 4.50. The summed E-state index contributed by atoms with van der Waals surface area (Å²) < 4.78 is 24.6. The summed E-state index contributed by atoms with van der Waals surface area (Å²) >= 11 is 0. The SMILES string of the molecule is Cc1cc(C)cc(CS(=O)(=O)CC(=O)NC(C2CC2)C2CC2)c1. The maximum Gasteiger partial charge on any atom is 0.235 e. The first-order valence-electron chi connectivity index (χ1n) is 8.39. The maximum atomic E-state index is 12.3. The molecule has 23 heavy (non-hydrogen) atoms. The number of aryl methyl sites for hydroxylation is 2. The lowest BCUT2D eigenvalue weighted by Gasteiger charge is -2.17. The minimum atomic E-state index is -3.44. The second-order valence-electron chi connectivity index (χ2n) is 7.30. The van der Waals surface area contributed by atoms with Crippen LogP contribution in [-0.2, 0) is 20.4 Å². The first-order chi connectivity index (χ1) is 10.8. The molecule has 0 radical (unpaired) electrons. The minimum absolute atomic E-state index is 0.0690. The summed E-state index contributed by atoms with van der Waals surface area (Å²) in [5, 5.41) is 2.99. The van der Waals surface area contributed by atoms with E-state index in [4.69, 9.17) is 0 Å². The zero-order valence-corrected chi connectivity index (χ0v) is 14.7. The van der Waals surface area contributed by atoms with Crippen molar-refractivity contribution >= 4 is 15.7 Å². The second kappa shape index (κ2) is 6.27. The maximum absolute atomic E-state index is 12.3. The molecule has 1 N–H and O–H groups in total. The lowest BCUT2D eigenvalue weighted by Crippen LogP contribution is -2.41. The van der Waals surface area contributed by atoms with Gasteiger partial charge in [-0.15, -0.1) is 0 Å². The molecule has 2 fully saturated rings. The summed E-state index contributed by atoms with van der Waals surface area (Å²) in [6.07, 6.45) is 4.65. The number of carbonyl (C=O) groups excluding carboxylic acids is 1. The lowest BCUT2D eigenvalue weighted by atomic mass is 10.1. The van der Waals surface area contributed by atoms with Gasteiger partial charge in [0.05, 0.1) is 5.75 Å². The molecule has 1 aromatic rings. The summed E-state index contributed by atoms with van der Waals surface area (Å²) in [7, 11) is -3.44. The van der Waals surface area contributed by atoms with Crippen molar-refractivity contribution in [3.05, 3.63) is 34.9 Å². The highest BCUT2D eigenvalue weighted by atomic mass is 32.2. The van der Waals surface area contributed by atoms with Gasteiger partial charge in [-0.1, -0.05) is 29.3 Å². The standard InChI is InChI=1S/C18H25NO3S/c1-12-7-13(2)9-14(8-12)10-23(21,22)11-17(20)19-18(15-3-4-15)16-5-6-16/h7-9,15-16,18H,3-6,10-11H2,1-2H3,(H,19,20).